The zero-order valence-electron chi connectivity index (χ0n) is 14.6. The predicted octanol–water partition coefficient (Wildman–Crippen LogP) is 2.96. The summed E-state index contributed by atoms with van der Waals surface area (Å²) in [5.41, 5.74) is 3.03. The van der Waals surface area contributed by atoms with Crippen LogP contribution in [0.3, 0.4) is 0 Å². The summed E-state index contributed by atoms with van der Waals surface area (Å²) in [6, 6.07) is 9.88. The van der Waals surface area contributed by atoms with Crippen LogP contribution in [0.25, 0.3) is 5.69 Å². The molecular formula is C19H27N3O. The highest BCUT2D eigenvalue weighted by molar-refractivity contribution is 5.33. The molecule has 23 heavy (non-hydrogen) atoms. The van der Waals surface area contributed by atoms with Crippen molar-refractivity contribution in [2.24, 2.45) is 18.9 Å². The Kier molecular flexibility index (Phi) is 4.44. The van der Waals surface area contributed by atoms with Gasteiger partial charge in [0.05, 0.1) is 11.3 Å². The van der Waals surface area contributed by atoms with Crippen molar-refractivity contribution in [3.8, 4) is 5.69 Å². The number of para-hydroxylation sites is 1. The summed E-state index contributed by atoms with van der Waals surface area (Å²) in [5.74, 6) is 1.42. The van der Waals surface area contributed by atoms with Crippen LogP contribution in [0.15, 0.2) is 35.1 Å². The van der Waals surface area contributed by atoms with Crippen LogP contribution < -0.4 is 5.56 Å². The third-order valence-corrected chi connectivity index (χ3v) is 5.00. The molecule has 2 atom stereocenters. The first-order chi connectivity index (χ1) is 11.0. The van der Waals surface area contributed by atoms with Crippen molar-refractivity contribution in [1.82, 2.24) is 14.3 Å². The molecule has 1 aliphatic heterocycles. The minimum absolute atomic E-state index is 0.113. The molecule has 2 heterocycles. The number of hydrogen-bond acceptors (Lipinski definition) is 2. The Morgan fingerprint density at radius 3 is 2.30 bits per heavy atom. The van der Waals surface area contributed by atoms with Crippen molar-refractivity contribution in [2.75, 3.05) is 13.1 Å². The molecule has 0 aliphatic carbocycles. The van der Waals surface area contributed by atoms with Crippen LogP contribution in [0, 0.1) is 18.8 Å². The molecular weight excluding hydrogens is 286 g/mol. The summed E-state index contributed by atoms with van der Waals surface area (Å²) < 4.78 is 3.76. The summed E-state index contributed by atoms with van der Waals surface area (Å²) in [6.45, 7) is 9.60. The van der Waals surface area contributed by atoms with Crippen LogP contribution in [0.2, 0.25) is 0 Å². The third kappa shape index (κ3) is 3.13. The van der Waals surface area contributed by atoms with Crippen LogP contribution in [-0.2, 0) is 13.6 Å². The first kappa shape index (κ1) is 16.1. The van der Waals surface area contributed by atoms with Gasteiger partial charge in [0.1, 0.15) is 0 Å². The maximum absolute atomic E-state index is 13.0. The molecule has 0 spiro atoms. The molecule has 1 aromatic heterocycles. The molecule has 1 aliphatic rings. The normalized spacial score (nSPS) is 22.4. The second-order valence-corrected chi connectivity index (χ2v) is 7.18. The fourth-order valence-electron chi connectivity index (χ4n) is 3.95. The smallest absolute Gasteiger partial charge is 0.276 e. The van der Waals surface area contributed by atoms with E-state index in [-0.39, 0.29) is 5.56 Å². The lowest BCUT2D eigenvalue weighted by atomic mass is 9.91. The van der Waals surface area contributed by atoms with Crippen molar-refractivity contribution in [3.63, 3.8) is 0 Å². The standard InChI is InChI=1S/C19H27N3O/c1-14-10-15(2)12-21(11-14)13-18-16(3)20(4)22(19(18)23)17-8-6-5-7-9-17/h5-9,14-15H,10-13H2,1-4H3/t14-,15+. The fraction of sp³-hybridized carbons (Fsp3) is 0.526. The van der Waals surface area contributed by atoms with E-state index >= 15 is 0 Å². The number of nitrogens with zero attached hydrogens (tertiary/aromatic N) is 3. The van der Waals surface area contributed by atoms with Gasteiger partial charge in [-0.15, -0.1) is 0 Å². The van der Waals surface area contributed by atoms with E-state index in [2.05, 4.69) is 18.7 Å². The van der Waals surface area contributed by atoms with Gasteiger partial charge in [0.25, 0.3) is 5.56 Å². The van der Waals surface area contributed by atoms with E-state index in [1.165, 1.54) is 6.42 Å². The molecule has 4 heteroatoms. The van der Waals surface area contributed by atoms with E-state index in [0.717, 1.165) is 36.6 Å². The molecule has 0 N–H and O–H groups in total. The molecule has 0 bridgehead atoms. The highest BCUT2D eigenvalue weighted by atomic mass is 16.1. The van der Waals surface area contributed by atoms with E-state index < -0.39 is 0 Å². The monoisotopic (exact) mass is 313 g/mol. The highest BCUT2D eigenvalue weighted by Crippen LogP contribution is 2.22. The summed E-state index contributed by atoms with van der Waals surface area (Å²) in [6.07, 6.45) is 1.29. The van der Waals surface area contributed by atoms with E-state index in [1.807, 2.05) is 49.0 Å². The molecule has 4 nitrogen and oxygen atoms in total. The Hall–Kier alpha value is -1.81. The second kappa shape index (κ2) is 6.36. The third-order valence-electron chi connectivity index (χ3n) is 5.00. The van der Waals surface area contributed by atoms with Crippen molar-refractivity contribution >= 4 is 0 Å². The summed E-state index contributed by atoms with van der Waals surface area (Å²) in [7, 11) is 1.97. The minimum Gasteiger partial charge on any atom is -0.298 e. The van der Waals surface area contributed by atoms with Gasteiger partial charge in [0.15, 0.2) is 0 Å². The largest absolute Gasteiger partial charge is 0.298 e. The number of aromatic nitrogens is 2. The zero-order valence-corrected chi connectivity index (χ0v) is 14.6. The van der Waals surface area contributed by atoms with Crippen molar-refractivity contribution in [1.29, 1.82) is 0 Å². The van der Waals surface area contributed by atoms with Gasteiger partial charge in [0, 0.05) is 32.4 Å². The summed E-state index contributed by atoms with van der Waals surface area (Å²) >= 11 is 0. The van der Waals surface area contributed by atoms with Gasteiger partial charge in [-0.3, -0.25) is 14.4 Å². The Morgan fingerprint density at radius 1 is 1.09 bits per heavy atom. The van der Waals surface area contributed by atoms with Gasteiger partial charge >= 0.3 is 0 Å². The maximum Gasteiger partial charge on any atom is 0.276 e. The lowest BCUT2D eigenvalue weighted by Gasteiger charge is -2.34. The van der Waals surface area contributed by atoms with Gasteiger partial charge < -0.3 is 0 Å². The van der Waals surface area contributed by atoms with Gasteiger partial charge in [0.2, 0.25) is 0 Å². The van der Waals surface area contributed by atoms with E-state index in [4.69, 9.17) is 0 Å². The molecule has 1 fully saturated rings. The first-order valence-electron chi connectivity index (χ1n) is 8.52. The number of likely N-dealkylation sites (tertiary alicyclic amines) is 1. The molecule has 1 saturated heterocycles. The van der Waals surface area contributed by atoms with Crippen LogP contribution in [-0.4, -0.2) is 27.4 Å². The minimum atomic E-state index is 0.113. The van der Waals surface area contributed by atoms with Gasteiger partial charge in [-0.25, -0.2) is 4.68 Å². The van der Waals surface area contributed by atoms with Crippen molar-refractivity contribution in [2.45, 2.75) is 33.7 Å². The van der Waals surface area contributed by atoms with E-state index in [0.29, 0.717) is 11.8 Å². The highest BCUT2D eigenvalue weighted by Gasteiger charge is 2.24. The second-order valence-electron chi connectivity index (χ2n) is 7.18. The summed E-state index contributed by atoms with van der Waals surface area (Å²) in [5, 5.41) is 0. The molecule has 0 amide bonds. The summed E-state index contributed by atoms with van der Waals surface area (Å²) in [4.78, 5) is 15.4. The molecule has 124 valence electrons. The lowest BCUT2D eigenvalue weighted by molar-refractivity contribution is 0.134. The lowest BCUT2D eigenvalue weighted by Crippen LogP contribution is -2.39. The molecule has 1 aromatic carbocycles. The van der Waals surface area contributed by atoms with Crippen molar-refractivity contribution in [3.05, 3.63) is 51.9 Å². The van der Waals surface area contributed by atoms with E-state index in [9.17, 15) is 4.79 Å². The quantitative estimate of drug-likeness (QED) is 0.872. The SMILES string of the molecule is Cc1c(CN2C[C@H](C)C[C@H](C)C2)c(=O)n(-c2ccccc2)n1C. The van der Waals surface area contributed by atoms with Crippen LogP contribution in [0.1, 0.15) is 31.5 Å². The number of hydrogen-bond donors (Lipinski definition) is 0. The number of piperidine rings is 1. The van der Waals surface area contributed by atoms with Gasteiger partial charge in [-0.2, -0.15) is 0 Å². The Balaban J connectivity index is 1.94. The average Bonchev–Trinajstić information content (AvgIpc) is 2.71. The molecule has 3 rings (SSSR count). The number of rotatable bonds is 3. The zero-order chi connectivity index (χ0) is 16.6. The van der Waals surface area contributed by atoms with Crippen LogP contribution >= 0.6 is 0 Å². The Morgan fingerprint density at radius 2 is 1.70 bits per heavy atom. The average molecular weight is 313 g/mol. The molecule has 0 unspecified atom stereocenters. The van der Waals surface area contributed by atoms with E-state index in [1.54, 1.807) is 4.68 Å². The van der Waals surface area contributed by atoms with Gasteiger partial charge in [-0.05, 0) is 37.3 Å². The van der Waals surface area contributed by atoms with Gasteiger partial charge in [-0.1, -0.05) is 32.0 Å². The number of benzene rings is 1. The molecule has 0 saturated carbocycles. The van der Waals surface area contributed by atoms with Crippen molar-refractivity contribution < 1.29 is 0 Å². The maximum atomic E-state index is 13.0. The predicted molar refractivity (Wildman–Crippen MR) is 94.0 cm³/mol. The van der Waals surface area contributed by atoms with Crippen LogP contribution in [0.4, 0.5) is 0 Å². The molecule has 2 aromatic rings. The topological polar surface area (TPSA) is 30.2 Å². The Bertz CT molecular complexity index is 719. The molecule has 0 radical (unpaired) electrons. The fourth-order valence-corrected chi connectivity index (χ4v) is 3.95. The van der Waals surface area contributed by atoms with Crippen LogP contribution in [0.5, 0.6) is 0 Å². The Labute approximate surface area is 138 Å². The first-order valence-corrected chi connectivity index (χ1v) is 8.52.